The fourth-order valence-corrected chi connectivity index (χ4v) is 1.70. The SMILES string of the molecule is CCNCc1nc(C(C)C)ncc1-n1ccnc1. The van der Waals surface area contributed by atoms with Gasteiger partial charge in [0.25, 0.3) is 0 Å². The van der Waals surface area contributed by atoms with Crippen LogP contribution in [0.15, 0.2) is 24.9 Å². The molecule has 2 aromatic rings. The van der Waals surface area contributed by atoms with Crippen LogP contribution in [-0.2, 0) is 6.54 Å². The van der Waals surface area contributed by atoms with Crippen LogP contribution in [0.25, 0.3) is 5.69 Å². The standard InChI is InChI=1S/C13H19N5/c1-4-14-7-11-12(18-6-5-15-9-18)8-16-13(17-11)10(2)3/h5-6,8-10,14H,4,7H2,1-3H3. The zero-order valence-corrected chi connectivity index (χ0v) is 11.1. The summed E-state index contributed by atoms with van der Waals surface area (Å²) in [6.45, 7) is 7.95. The average Bonchev–Trinajstić information content (AvgIpc) is 2.89. The highest BCUT2D eigenvalue weighted by Crippen LogP contribution is 2.15. The molecule has 0 aliphatic carbocycles. The van der Waals surface area contributed by atoms with Gasteiger partial charge in [-0.2, -0.15) is 0 Å². The van der Waals surface area contributed by atoms with E-state index in [-0.39, 0.29) is 0 Å². The summed E-state index contributed by atoms with van der Waals surface area (Å²) in [5.74, 6) is 1.22. The third kappa shape index (κ3) is 2.73. The molecule has 18 heavy (non-hydrogen) atoms. The summed E-state index contributed by atoms with van der Waals surface area (Å²) >= 11 is 0. The van der Waals surface area contributed by atoms with Crippen LogP contribution < -0.4 is 5.32 Å². The molecule has 0 aromatic carbocycles. The lowest BCUT2D eigenvalue weighted by Crippen LogP contribution is -2.17. The number of nitrogens with one attached hydrogen (secondary N) is 1. The number of hydrogen-bond donors (Lipinski definition) is 1. The number of nitrogens with zero attached hydrogens (tertiary/aromatic N) is 4. The highest BCUT2D eigenvalue weighted by atomic mass is 15.1. The first-order valence-electron chi connectivity index (χ1n) is 6.27. The molecular weight excluding hydrogens is 226 g/mol. The fourth-order valence-electron chi connectivity index (χ4n) is 1.70. The van der Waals surface area contributed by atoms with Gasteiger partial charge in [-0.25, -0.2) is 15.0 Å². The molecule has 2 heterocycles. The summed E-state index contributed by atoms with van der Waals surface area (Å²) in [6.07, 6.45) is 7.30. The van der Waals surface area contributed by atoms with Gasteiger partial charge in [0.2, 0.25) is 0 Å². The van der Waals surface area contributed by atoms with E-state index in [0.717, 1.165) is 30.3 Å². The van der Waals surface area contributed by atoms with Crippen LogP contribution in [0.5, 0.6) is 0 Å². The van der Waals surface area contributed by atoms with Crippen LogP contribution in [0.1, 0.15) is 38.2 Å². The van der Waals surface area contributed by atoms with Gasteiger partial charge in [-0.3, -0.25) is 0 Å². The van der Waals surface area contributed by atoms with Crippen LogP contribution in [-0.4, -0.2) is 26.1 Å². The zero-order chi connectivity index (χ0) is 13.0. The molecule has 0 aliphatic rings. The number of rotatable bonds is 5. The largest absolute Gasteiger partial charge is 0.311 e. The third-order valence-electron chi connectivity index (χ3n) is 2.71. The maximum atomic E-state index is 4.64. The average molecular weight is 245 g/mol. The lowest BCUT2D eigenvalue weighted by atomic mass is 10.2. The maximum Gasteiger partial charge on any atom is 0.131 e. The molecule has 0 spiro atoms. The van der Waals surface area contributed by atoms with Crippen LogP contribution in [0, 0.1) is 0 Å². The van der Waals surface area contributed by atoms with Gasteiger partial charge in [-0.15, -0.1) is 0 Å². The van der Waals surface area contributed by atoms with Gasteiger partial charge in [0.1, 0.15) is 5.82 Å². The van der Waals surface area contributed by atoms with E-state index in [1.165, 1.54) is 0 Å². The Bertz CT molecular complexity index is 490. The second-order valence-corrected chi connectivity index (χ2v) is 4.47. The molecule has 0 saturated heterocycles. The van der Waals surface area contributed by atoms with Crippen LogP contribution in [0.2, 0.25) is 0 Å². The van der Waals surface area contributed by atoms with Crippen molar-refractivity contribution < 1.29 is 0 Å². The van der Waals surface area contributed by atoms with Crippen LogP contribution in [0.4, 0.5) is 0 Å². The van der Waals surface area contributed by atoms with Gasteiger partial charge in [0, 0.05) is 24.9 Å². The molecule has 0 fully saturated rings. The predicted molar refractivity (Wildman–Crippen MR) is 70.6 cm³/mol. The summed E-state index contributed by atoms with van der Waals surface area (Å²) in [5, 5.41) is 3.31. The predicted octanol–water partition coefficient (Wildman–Crippen LogP) is 1.90. The molecule has 0 bridgehead atoms. The van der Waals surface area contributed by atoms with E-state index >= 15 is 0 Å². The summed E-state index contributed by atoms with van der Waals surface area (Å²) in [4.78, 5) is 13.1. The van der Waals surface area contributed by atoms with E-state index in [2.05, 4.69) is 41.0 Å². The van der Waals surface area contributed by atoms with E-state index in [1.807, 2.05) is 17.0 Å². The molecule has 2 aromatic heterocycles. The minimum absolute atomic E-state index is 0.335. The van der Waals surface area contributed by atoms with Crippen molar-refractivity contribution in [3.8, 4) is 5.69 Å². The first-order valence-corrected chi connectivity index (χ1v) is 6.27. The van der Waals surface area contributed by atoms with E-state index < -0.39 is 0 Å². The molecule has 0 aliphatic heterocycles. The molecule has 0 saturated carbocycles. The second-order valence-electron chi connectivity index (χ2n) is 4.47. The van der Waals surface area contributed by atoms with Crippen molar-refractivity contribution in [2.24, 2.45) is 0 Å². The number of hydrogen-bond acceptors (Lipinski definition) is 4. The molecule has 0 unspecified atom stereocenters. The van der Waals surface area contributed by atoms with E-state index in [4.69, 9.17) is 0 Å². The highest BCUT2D eigenvalue weighted by molar-refractivity contribution is 5.34. The first-order chi connectivity index (χ1) is 8.72. The van der Waals surface area contributed by atoms with Crippen molar-refractivity contribution in [1.29, 1.82) is 0 Å². The molecule has 0 atom stereocenters. The highest BCUT2D eigenvalue weighted by Gasteiger charge is 2.10. The van der Waals surface area contributed by atoms with Crippen molar-refractivity contribution >= 4 is 0 Å². The molecule has 5 heteroatoms. The van der Waals surface area contributed by atoms with Gasteiger partial charge in [0.15, 0.2) is 0 Å². The summed E-state index contributed by atoms with van der Waals surface area (Å²) in [6, 6.07) is 0. The molecule has 5 nitrogen and oxygen atoms in total. The Morgan fingerprint density at radius 1 is 1.39 bits per heavy atom. The zero-order valence-electron chi connectivity index (χ0n) is 11.1. The molecule has 0 radical (unpaired) electrons. The van der Waals surface area contributed by atoms with Crippen molar-refractivity contribution in [3.05, 3.63) is 36.4 Å². The quantitative estimate of drug-likeness (QED) is 0.874. The van der Waals surface area contributed by atoms with Gasteiger partial charge >= 0.3 is 0 Å². The van der Waals surface area contributed by atoms with E-state index in [1.54, 1.807) is 12.5 Å². The van der Waals surface area contributed by atoms with E-state index in [0.29, 0.717) is 5.92 Å². The molecule has 1 N–H and O–H groups in total. The van der Waals surface area contributed by atoms with Crippen molar-refractivity contribution in [2.75, 3.05) is 6.54 Å². The maximum absolute atomic E-state index is 4.64. The Balaban J connectivity index is 2.38. The minimum Gasteiger partial charge on any atom is -0.311 e. The Labute approximate surface area is 107 Å². The van der Waals surface area contributed by atoms with Crippen LogP contribution in [0.3, 0.4) is 0 Å². The first kappa shape index (κ1) is 12.7. The smallest absolute Gasteiger partial charge is 0.131 e. The number of aromatic nitrogens is 4. The van der Waals surface area contributed by atoms with Crippen LogP contribution >= 0.6 is 0 Å². The summed E-state index contributed by atoms with van der Waals surface area (Å²) in [7, 11) is 0. The molecule has 96 valence electrons. The van der Waals surface area contributed by atoms with Gasteiger partial charge in [-0.05, 0) is 6.54 Å². The molecular formula is C13H19N5. The third-order valence-corrected chi connectivity index (χ3v) is 2.71. The molecule has 0 amide bonds. The van der Waals surface area contributed by atoms with Gasteiger partial charge in [0.05, 0.1) is 23.9 Å². The monoisotopic (exact) mass is 245 g/mol. The Hall–Kier alpha value is -1.75. The van der Waals surface area contributed by atoms with Crippen molar-refractivity contribution in [1.82, 2.24) is 24.8 Å². The lowest BCUT2D eigenvalue weighted by Gasteiger charge is -2.12. The lowest BCUT2D eigenvalue weighted by molar-refractivity contribution is 0.680. The minimum atomic E-state index is 0.335. The fraction of sp³-hybridized carbons (Fsp3) is 0.462. The van der Waals surface area contributed by atoms with Crippen molar-refractivity contribution in [3.63, 3.8) is 0 Å². The van der Waals surface area contributed by atoms with Gasteiger partial charge < -0.3 is 9.88 Å². The van der Waals surface area contributed by atoms with E-state index in [9.17, 15) is 0 Å². The summed E-state index contributed by atoms with van der Waals surface area (Å²) in [5.41, 5.74) is 1.99. The Morgan fingerprint density at radius 3 is 2.83 bits per heavy atom. The van der Waals surface area contributed by atoms with Gasteiger partial charge in [-0.1, -0.05) is 20.8 Å². The second kappa shape index (κ2) is 5.73. The topological polar surface area (TPSA) is 55.6 Å². The normalized spacial score (nSPS) is 11.1. The Kier molecular flexibility index (Phi) is 4.04. The summed E-state index contributed by atoms with van der Waals surface area (Å²) < 4.78 is 1.94. The Morgan fingerprint density at radius 2 is 2.22 bits per heavy atom. The number of imidazole rings is 1. The van der Waals surface area contributed by atoms with Crippen molar-refractivity contribution in [2.45, 2.75) is 33.2 Å². The molecule has 2 rings (SSSR count).